The zero-order chi connectivity index (χ0) is 27.1. The van der Waals surface area contributed by atoms with E-state index in [9.17, 15) is 24.3 Å². The van der Waals surface area contributed by atoms with Crippen LogP contribution in [0.1, 0.15) is 92.4 Å². The van der Waals surface area contributed by atoms with Crippen LogP contribution < -0.4 is 0 Å². The molecule has 37 heavy (non-hydrogen) atoms. The molecule has 0 heterocycles. The fourth-order valence-corrected chi connectivity index (χ4v) is 9.12. The molecular formula is C29H44O8. The van der Waals surface area contributed by atoms with Crippen LogP contribution in [0.25, 0.3) is 0 Å². The third kappa shape index (κ3) is 5.68. The minimum absolute atomic E-state index is 0.0195. The summed E-state index contributed by atoms with van der Waals surface area (Å²) in [5.74, 6) is -0.0548. The molecule has 11 atom stereocenters. The highest BCUT2D eigenvalue weighted by Gasteiger charge is 2.63. The normalized spacial score (nSPS) is 41.4. The van der Waals surface area contributed by atoms with E-state index in [0.717, 1.165) is 44.9 Å². The maximum atomic E-state index is 12.3. The molecule has 4 rings (SSSR count). The zero-order valence-corrected chi connectivity index (χ0v) is 22.9. The van der Waals surface area contributed by atoms with Crippen LogP contribution in [0.4, 0.5) is 0 Å². The second-order valence-electron chi connectivity index (χ2n) is 12.6. The molecule has 8 heteroatoms. The maximum absolute atomic E-state index is 12.3. The number of carbonyl (C=O) groups excluding carboxylic acids is 3. The van der Waals surface area contributed by atoms with Gasteiger partial charge in [-0.1, -0.05) is 13.8 Å². The Labute approximate surface area is 220 Å². The quantitative estimate of drug-likeness (QED) is 0.377. The first-order chi connectivity index (χ1) is 17.4. The number of fused-ring (bicyclic) bond motifs is 5. The average molecular weight is 521 g/mol. The number of carboxylic acids is 1. The van der Waals surface area contributed by atoms with Gasteiger partial charge in [0, 0.05) is 39.0 Å². The summed E-state index contributed by atoms with van der Waals surface area (Å²) in [7, 11) is 0. The van der Waals surface area contributed by atoms with Crippen LogP contribution in [0, 0.1) is 46.8 Å². The molecule has 4 aliphatic carbocycles. The lowest BCUT2D eigenvalue weighted by Crippen LogP contribution is -2.60. The largest absolute Gasteiger partial charge is 0.481 e. The molecule has 4 saturated carbocycles. The van der Waals surface area contributed by atoms with Gasteiger partial charge in [0.15, 0.2) is 0 Å². The van der Waals surface area contributed by atoms with Crippen molar-refractivity contribution >= 4 is 23.9 Å². The lowest BCUT2D eigenvalue weighted by Gasteiger charge is -2.61. The second kappa shape index (κ2) is 10.9. The Morgan fingerprint density at radius 1 is 0.865 bits per heavy atom. The first-order valence-corrected chi connectivity index (χ1v) is 14.1. The minimum Gasteiger partial charge on any atom is -0.481 e. The molecule has 0 aromatic carbocycles. The van der Waals surface area contributed by atoms with Gasteiger partial charge in [0.1, 0.15) is 18.3 Å². The van der Waals surface area contributed by atoms with E-state index in [1.165, 1.54) is 20.8 Å². The highest BCUT2D eigenvalue weighted by Crippen LogP contribution is 2.65. The molecule has 208 valence electrons. The van der Waals surface area contributed by atoms with Gasteiger partial charge < -0.3 is 19.3 Å². The predicted molar refractivity (Wildman–Crippen MR) is 134 cm³/mol. The summed E-state index contributed by atoms with van der Waals surface area (Å²) < 4.78 is 17.7. The summed E-state index contributed by atoms with van der Waals surface area (Å²) >= 11 is 0. The molecule has 0 bridgehead atoms. The highest BCUT2D eigenvalue weighted by atomic mass is 16.6. The summed E-state index contributed by atoms with van der Waals surface area (Å²) in [6, 6.07) is 0. The van der Waals surface area contributed by atoms with E-state index >= 15 is 0 Å². The Hall–Kier alpha value is -2.12. The molecule has 0 spiro atoms. The lowest BCUT2D eigenvalue weighted by atomic mass is 9.45. The van der Waals surface area contributed by atoms with E-state index < -0.39 is 5.97 Å². The molecule has 4 aliphatic rings. The Bertz CT molecular complexity index is 900. The smallest absolute Gasteiger partial charge is 0.303 e. The number of hydrogen-bond donors (Lipinski definition) is 1. The standard InChI is InChI=1S/C29H44O8/c1-15(6-9-26(33)34)21-7-8-22-27(21)25(37-18(4)32)14-23-28(22)24(36-17(3)31)13-19-12-20(35-16(2)30)10-11-29(19,23)5/h15,19-25,27-28H,6-14H2,1-5H3,(H,33,34)/t15-,19+,20?,21?,22-,23+,24?,25?,27?,28+,29+/m1/s1. The zero-order valence-electron chi connectivity index (χ0n) is 22.9. The number of ether oxygens (including phenoxy) is 3. The van der Waals surface area contributed by atoms with Gasteiger partial charge in [-0.25, -0.2) is 0 Å². The number of rotatable bonds is 7. The van der Waals surface area contributed by atoms with Crippen molar-refractivity contribution in [2.24, 2.45) is 46.8 Å². The topological polar surface area (TPSA) is 116 Å². The van der Waals surface area contributed by atoms with E-state index in [-0.39, 0.29) is 89.5 Å². The van der Waals surface area contributed by atoms with Crippen LogP contribution >= 0.6 is 0 Å². The number of hydrogen-bond acceptors (Lipinski definition) is 7. The van der Waals surface area contributed by atoms with E-state index in [4.69, 9.17) is 14.2 Å². The van der Waals surface area contributed by atoms with Gasteiger partial charge >= 0.3 is 23.9 Å². The van der Waals surface area contributed by atoms with E-state index in [2.05, 4.69) is 13.8 Å². The lowest BCUT2D eigenvalue weighted by molar-refractivity contribution is -0.206. The molecule has 0 aliphatic heterocycles. The number of carboxylic acid groups (broad SMARTS) is 1. The molecule has 5 unspecified atom stereocenters. The minimum atomic E-state index is -0.785. The Kier molecular flexibility index (Phi) is 8.25. The van der Waals surface area contributed by atoms with E-state index in [1.807, 2.05) is 0 Å². The predicted octanol–water partition coefficient (Wildman–Crippen LogP) is 4.77. The molecule has 0 aromatic heterocycles. The second-order valence-corrected chi connectivity index (χ2v) is 12.6. The molecule has 1 N–H and O–H groups in total. The molecule has 0 amide bonds. The molecular weight excluding hydrogens is 476 g/mol. The van der Waals surface area contributed by atoms with Gasteiger partial charge in [-0.15, -0.1) is 0 Å². The molecule has 0 saturated heterocycles. The van der Waals surface area contributed by atoms with Crippen molar-refractivity contribution < 1.29 is 38.5 Å². The van der Waals surface area contributed by atoms with E-state index in [1.54, 1.807) is 0 Å². The van der Waals surface area contributed by atoms with Crippen molar-refractivity contribution in [1.29, 1.82) is 0 Å². The van der Waals surface area contributed by atoms with Crippen molar-refractivity contribution in [3.8, 4) is 0 Å². The monoisotopic (exact) mass is 520 g/mol. The maximum Gasteiger partial charge on any atom is 0.303 e. The van der Waals surface area contributed by atoms with Crippen LogP contribution in [-0.4, -0.2) is 47.3 Å². The van der Waals surface area contributed by atoms with Crippen molar-refractivity contribution in [2.75, 3.05) is 0 Å². The Morgan fingerprint density at radius 3 is 2.08 bits per heavy atom. The fourth-order valence-electron chi connectivity index (χ4n) is 9.12. The van der Waals surface area contributed by atoms with Crippen LogP contribution in [0.3, 0.4) is 0 Å². The van der Waals surface area contributed by atoms with Crippen molar-refractivity contribution in [1.82, 2.24) is 0 Å². The van der Waals surface area contributed by atoms with Gasteiger partial charge in [-0.05, 0) is 86.4 Å². The summed E-state index contributed by atoms with van der Waals surface area (Å²) in [5, 5.41) is 9.24. The number of carbonyl (C=O) groups is 4. The third-order valence-corrected chi connectivity index (χ3v) is 10.5. The fraction of sp³-hybridized carbons (Fsp3) is 0.862. The SMILES string of the molecule is CC(=O)OC1CC[C@@]2(C)[C@@H](C1)CC(OC(C)=O)[C@H]1[C@@H]3CCC([C@H](C)CCC(=O)O)C3C(OC(C)=O)C[C@@H]12. The number of esters is 3. The average Bonchev–Trinajstić information content (AvgIpc) is 3.23. The van der Waals surface area contributed by atoms with E-state index in [0.29, 0.717) is 6.42 Å². The van der Waals surface area contributed by atoms with Crippen LogP contribution in [-0.2, 0) is 33.4 Å². The van der Waals surface area contributed by atoms with Gasteiger partial charge in [0.2, 0.25) is 0 Å². The molecule has 0 aromatic rings. The summed E-state index contributed by atoms with van der Waals surface area (Å²) in [6.07, 6.45) is 6.13. The first kappa shape index (κ1) is 27.9. The molecule has 0 radical (unpaired) electrons. The van der Waals surface area contributed by atoms with Crippen molar-refractivity contribution in [3.05, 3.63) is 0 Å². The summed E-state index contributed by atoms with van der Waals surface area (Å²) in [4.78, 5) is 47.4. The number of aliphatic carboxylic acids is 1. The Balaban J connectivity index is 1.66. The molecule has 4 fully saturated rings. The van der Waals surface area contributed by atoms with Gasteiger partial charge in [-0.2, -0.15) is 0 Å². The van der Waals surface area contributed by atoms with Crippen LogP contribution in [0.2, 0.25) is 0 Å². The van der Waals surface area contributed by atoms with Gasteiger partial charge in [-0.3, -0.25) is 19.2 Å². The highest BCUT2D eigenvalue weighted by molar-refractivity contribution is 5.67. The molecule has 8 nitrogen and oxygen atoms in total. The van der Waals surface area contributed by atoms with Gasteiger partial charge in [0.05, 0.1) is 0 Å². The summed E-state index contributed by atoms with van der Waals surface area (Å²) in [5.41, 5.74) is -0.0195. The third-order valence-electron chi connectivity index (χ3n) is 10.5. The summed E-state index contributed by atoms with van der Waals surface area (Å²) in [6.45, 7) is 8.86. The van der Waals surface area contributed by atoms with Crippen molar-refractivity contribution in [3.63, 3.8) is 0 Å². The van der Waals surface area contributed by atoms with Gasteiger partial charge in [0.25, 0.3) is 0 Å². The Morgan fingerprint density at radius 2 is 1.49 bits per heavy atom. The van der Waals surface area contributed by atoms with Crippen molar-refractivity contribution in [2.45, 2.75) is 111 Å². The van der Waals surface area contributed by atoms with Crippen LogP contribution in [0.15, 0.2) is 0 Å². The first-order valence-electron chi connectivity index (χ1n) is 14.1. The van der Waals surface area contributed by atoms with Crippen LogP contribution in [0.5, 0.6) is 0 Å².